The van der Waals surface area contributed by atoms with E-state index in [1.807, 2.05) is 19.1 Å². The summed E-state index contributed by atoms with van der Waals surface area (Å²) in [4.78, 5) is 0. The van der Waals surface area contributed by atoms with Gasteiger partial charge in [0.05, 0.1) is 7.11 Å². The Bertz CT molecular complexity index is 377. The van der Waals surface area contributed by atoms with Crippen LogP contribution in [0.15, 0.2) is 18.2 Å². The first-order valence-electron chi connectivity index (χ1n) is 6.44. The van der Waals surface area contributed by atoms with Gasteiger partial charge in [0.15, 0.2) is 18.3 Å². The third-order valence-corrected chi connectivity index (χ3v) is 2.90. The highest BCUT2D eigenvalue weighted by Crippen LogP contribution is 2.28. The molecule has 1 aliphatic carbocycles. The summed E-state index contributed by atoms with van der Waals surface area (Å²) in [6.45, 7) is 3.72. The fourth-order valence-corrected chi connectivity index (χ4v) is 1.68. The van der Waals surface area contributed by atoms with Crippen molar-refractivity contribution in [2.45, 2.75) is 32.4 Å². The van der Waals surface area contributed by atoms with Gasteiger partial charge in [0, 0.05) is 19.2 Å². The standard InChI is InChI=1S/C14H21NO3/c1-3-17-10-18-14-8-11(4-7-13(14)16-2)9-15-12-5-6-12/h4,7-8,12,15H,3,5-6,9-10H2,1-2H3. The van der Waals surface area contributed by atoms with Gasteiger partial charge in [-0.3, -0.25) is 0 Å². The zero-order valence-electron chi connectivity index (χ0n) is 11.1. The van der Waals surface area contributed by atoms with Crippen molar-refractivity contribution in [3.63, 3.8) is 0 Å². The molecule has 4 heteroatoms. The number of methoxy groups -OCH3 is 1. The van der Waals surface area contributed by atoms with Gasteiger partial charge in [0.25, 0.3) is 0 Å². The van der Waals surface area contributed by atoms with Gasteiger partial charge in [-0.15, -0.1) is 0 Å². The number of ether oxygens (including phenoxy) is 3. The van der Waals surface area contributed by atoms with Crippen molar-refractivity contribution in [3.8, 4) is 11.5 Å². The quantitative estimate of drug-likeness (QED) is 0.568. The van der Waals surface area contributed by atoms with Crippen molar-refractivity contribution in [2.75, 3.05) is 20.5 Å². The molecule has 1 aromatic carbocycles. The summed E-state index contributed by atoms with van der Waals surface area (Å²) in [5.41, 5.74) is 1.20. The van der Waals surface area contributed by atoms with Crippen LogP contribution >= 0.6 is 0 Å². The van der Waals surface area contributed by atoms with Gasteiger partial charge >= 0.3 is 0 Å². The molecule has 1 N–H and O–H groups in total. The number of nitrogens with one attached hydrogen (secondary N) is 1. The first kappa shape index (κ1) is 13.2. The second kappa shape index (κ2) is 6.61. The van der Waals surface area contributed by atoms with Crippen LogP contribution in [0, 0.1) is 0 Å². The average Bonchev–Trinajstić information content (AvgIpc) is 3.21. The molecule has 1 saturated carbocycles. The van der Waals surface area contributed by atoms with Crippen molar-refractivity contribution in [2.24, 2.45) is 0 Å². The minimum absolute atomic E-state index is 0.256. The molecule has 1 fully saturated rings. The highest BCUT2D eigenvalue weighted by atomic mass is 16.7. The summed E-state index contributed by atoms with van der Waals surface area (Å²) in [7, 11) is 1.64. The molecule has 100 valence electrons. The van der Waals surface area contributed by atoms with Crippen LogP contribution in [0.1, 0.15) is 25.3 Å². The fraction of sp³-hybridized carbons (Fsp3) is 0.571. The zero-order valence-corrected chi connectivity index (χ0v) is 11.1. The van der Waals surface area contributed by atoms with Gasteiger partial charge in [-0.1, -0.05) is 6.07 Å². The normalized spacial score (nSPS) is 14.6. The molecule has 0 aliphatic heterocycles. The fourth-order valence-electron chi connectivity index (χ4n) is 1.68. The molecule has 0 radical (unpaired) electrons. The van der Waals surface area contributed by atoms with Crippen molar-refractivity contribution in [1.82, 2.24) is 5.32 Å². The number of benzene rings is 1. The van der Waals surface area contributed by atoms with Crippen LogP contribution in [0.25, 0.3) is 0 Å². The van der Waals surface area contributed by atoms with Crippen LogP contribution in [-0.2, 0) is 11.3 Å². The third kappa shape index (κ3) is 3.89. The summed E-state index contributed by atoms with van der Waals surface area (Å²) >= 11 is 0. The third-order valence-electron chi connectivity index (χ3n) is 2.90. The van der Waals surface area contributed by atoms with Crippen LogP contribution < -0.4 is 14.8 Å². The summed E-state index contributed by atoms with van der Waals surface area (Å²) in [6, 6.07) is 6.71. The lowest BCUT2D eigenvalue weighted by atomic mass is 10.2. The lowest BCUT2D eigenvalue weighted by Gasteiger charge is -2.12. The summed E-state index contributed by atoms with van der Waals surface area (Å²) < 4.78 is 16.0. The smallest absolute Gasteiger partial charge is 0.189 e. The highest BCUT2D eigenvalue weighted by Gasteiger charge is 2.20. The Labute approximate surface area is 108 Å². The molecule has 0 heterocycles. The molecule has 2 rings (SSSR count). The Kier molecular flexibility index (Phi) is 4.84. The molecule has 1 aromatic rings. The highest BCUT2D eigenvalue weighted by molar-refractivity contribution is 5.42. The van der Waals surface area contributed by atoms with E-state index in [0.717, 1.165) is 18.0 Å². The van der Waals surface area contributed by atoms with Gasteiger partial charge in [-0.05, 0) is 37.5 Å². The molecule has 0 amide bonds. The Morgan fingerprint density at radius 2 is 2.11 bits per heavy atom. The van der Waals surface area contributed by atoms with Gasteiger partial charge in [-0.2, -0.15) is 0 Å². The van der Waals surface area contributed by atoms with Crippen LogP contribution in [0.4, 0.5) is 0 Å². The van der Waals surface area contributed by atoms with E-state index in [1.54, 1.807) is 7.11 Å². The van der Waals surface area contributed by atoms with Gasteiger partial charge < -0.3 is 19.5 Å². The maximum atomic E-state index is 5.56. The molecule has 0 bridgehead atoms. The van der Waals surface area contributed by atoms with E-state index in [-0.39, 0.29) is 6.79 Å². The van der Waals surface area contributed by atoms with Crippen LogP contribution in [0.2, 0.25) is 0 Å². The minimum atomic E-state index is 0.256. The summed E-state index contributed by atoms with van der Waals surface area (Å²) in [5.74, 6) is 1.48. The topological polar surface area (TPSA) is 39.7 Å². The van der Waals surface area contributed by atoms with Crippen molar-refractivity contribution in [3.05, 3.63) is 23.8 Å². The first-order valence-corrected chi connectivity index (χ1v) is 6.44. The molecule has 18 heavy (non-hydrogen) atoms. The van der Waals surface area contributed by atoms with Crippen LogP contribution in [0.5, 0.6) is 11.5 Å². The lowest BCUT2D eigenvalue weighted by molar-refractivity contribution is 0.0208. The summed E-state index contributed by atoms with van der Waals surface area (Å²) in [6.07, 6.45) is 2.59. The zero-order chi connectivity index (χ0) is 12.8. The van der Waals surface area contributed by atoms with E-state index < -0.39 is 0 Å². The van der Waals surface area contributed by atoms with E-state index in [9.17, 15) is 0 Å². The molecule has 0 spiro atoms. The van der Waals surface area contributed by atoms with E-state index in [0.29, 0.717) is 12.6 Å². The SMILES string of the molecule is CCOCOc1cc(CNC2CC2)ccc1OC. The van der Waals surface area contributed by atoms with E-state index in [2.05, 4.69) is 11.4 Å². The predicted octanol–water partition coefficient (Wildman–Crippen LogP) is 2.32. The van der Waals surface area contributed by atoms with Gasteiger partial charge in [-0.25, -0.2) is 0 Å². The molecule has 4 nitrogen and oxygen atoms in total. The largest absolute Gasteiger partial charge is 0.493 e. The Hall–Kier alpha value is -1.26. The van der Waals surface area contributed by atoms with E-state index in [4.69, 9.17) is 14.2 Å². The number of hydrogen-bond acceptors (Lipinski definition) is 4. The lowest BCUT2D eigenvalue weighted by Crippen LogP contribution is -2.15. The number of hydrogen-bond donors (Lipinski definition) is 1. The van der Waals surface area contributed by atoms with Crippen LogP contribution in [-0.4, -0.2) is 26.6 Å². The molecule has 1 aliphatic rings. The molecule has 0 saturated heterocycles. The second-order valence-electron chi connectivity index (χ2n) is 4.40. The predicted molar refractivity (Wildman–Crippen MR) is 70.0 cm³/mol. The molecule has 0 aromatic heterocycles. The molecular formula is C14H21NO3. The average molecular weight is 251 g/mol. The Morgan fingerprint density at radius 3 is 2.78 bits per heavy atom. The second-order valence-corrected chi connectivity index (χ2v) is 4.40. The molecule has 0 unspecified atom stereocenters. The maximum Gasteiger partial charge on any atom is 0.189 e. The monoisotopic (exact) mass is 251 g/mol. The van der Waals surface area contributed by atoms with Crippen molar-refractivity contribution < 1.29 is 14.2 Å². The van der Waals surface area contributed by atoms with Gasteiger partial charge in [0.2, 0.25) is 0 Å². The summed E-state index contributed by atoms with van der Waals surface area (Å²) in [5, 5.41) is 3.48. The minimum Gasteiger partial charge on any atom is -0.493 e. The molecule has 0 atom stereocenters. The van der Waals surface area contributed by atoms with Crippen molar-refractivity contribution in [1.29, 1.82) is 0 Å². The number of rotatable bonds is 8. The Morgan fingerprint density at radius 1 is 1.28 bits per heavy atom. The first-order chi connectivity index (χ1) is 8.83. The van der Waals surface area contributed by atoms with Crippen LogP contribution in [0.3, 0.4) is 0 Å². The Balaban J connectivity index is 1.95. The van der Waals surface area contributed by atoms with Crippen molar-refractivity contribution >= 4 is 0 Å². The maximum absolute atomic E-state index is 5.56. The van der Waals surface area contributed by atoms with E-state index in [1.165, 1.54) is 18.4 Å². The van der Waals surface area contributed by atoms with Gasteiger partial charge in [0.1, 0.15) is 0 Å². The molecular weight excluding hydrogens is 230 g/mol. The van der Waals surface area contributed by atoms with E-state index >= 15 is 0 Å².